The summed E-state index contributed by atoms with van der Waals surface area (Å²) in [6.07, 6.45) is 0. The monoisotopic (exact) mass is 188 g/mol. The van der Waals surface area contributed by atoms with Crippen molar-refractivity contribution in [2.45, 2.75) is 32.9 Å². The number of carbonyl (C=O) groups is 2. The summed E-state index contributed by atoms with van der Waals surface area (Å²) in [6.45, 7) is 4.95. The lowest BCUT2D eigenvalue weighted by atomic mass is 10.0. The van der Waals surface area contributed by atoms with Gasteiger partial charge < -0.3 is 16.2 Å². The molecule has 76 valence electrons. The Bertz CT molecular complexity index is 202. The first-order chi connectivity index (χ1) is 5.86. The number of carbonyl (C=O) groups excluding carboxylic acids is 1. The van der Waals surface area contributed by atoms with Gasteiger partial charge in [0.15, 0.2) is 0 Å². The molecule has 0 spiro atoms. The summed E-state index contributed by atoms with van der Waals surface area (Å²) in [5, 5.41) is 11.1. The summed E-state index contributed by atoms with van der Waals surface area (Å²) >= 11 is 0. The Kier molecular flexibility index (Phi) is 4.40. The number of aliphatic carboxylic acids is 1. The van der Waals surface area contributed by atoms with Gasteiger partial charge in [-0.05, 0) is 12.8 Å². The Morgan fingerprint density at radius 3 is 2.00 bits per heavy atom. The third kappa shape index (κ3) is 3.89. The van der Waals surface area contributed by atoms with Crippen LogP contribution < -0.4 is 11.1 Å². The second-order valence-electron chi connectivity index (χ2n) is 3.36. The number of rotatable bonds is 4. The minimum atomic E-state index is -1.04. The van der Waals surface area contributed by atoms with Gasteiger partial charge in [-0.1, -0.05) is 13.8 Å². The van der Waals surface area contributed by atoms with Crippen molar-refractivity contribution >= 4 is 11.9 Å². The molecular formula is C8H16N2O3. The van der Waals surface area contributed by atoms with Crippen LogP contribution in [0.15, 0.2) is 0 Å². The zero-order chi connectivity index (χ0) is 10.6. The van der Waals surface area contributed by atoms with Gasteiger partial charge in [-0.15, -0.1) is 0 Å². The van der Waals surface area contributed by atoms with E-state index < -0.39 is 24.0 Å². The SMILES string of the molecule is CC(N)C(=O)N[C@@H](C(=O)O)C(C)C. The molecule has 5 nitrogen and oxygen atoms in total. The highest BCUT2D eigenvalue weighted by molar-refractivity contribution is 5.86. The summed E-state index contributed by atoms with van der Waals surface area (Å²) in [4.78, 5) is 21.7. The Labute approximate surface area is 77.3 Å². The highest BCUT2D eigenvalue weighted by atomic mass is 16.4. The molecule has 1 unspecified atom stereocenters. The average Bonchev–Trinajstić information content (AvgIpc) is 1.97. The maximum Gasteiger partial charge on any atom is 0.326 e. The fraction of sp³-hybridized carbons (Fsp3) is 0.750. The minimum Gasteiger partial charge on any atom is -0.480 e. The maximum atomic E-state index is 11.1. The molecule has 0 heterocycles. The molecule has 0 aromatic rings. The molecule has 0 radical (unpaired) electrons. The van der Waals surface area contributed by atoms with Gasteiger partial charge in [0.1, 0.15) is 6.04 Å². The lowest BCUT2D eigenvalue weighted by Gasteiger charge is -2.18. The topological polar surface area (TPSA) is 92.4 Å². The van der Waals surface area contributed by atoms with Crippen LogP contribution in [0.5, 0.6) is 0 Å². The van der Waals surface area contributed by atoms with Crippen LogP contribution in [0.1, 0.15) is 20.8 Å². The van der Waals surface area contributed by atoms with Crippen LogP contribution in [0.25, 0.3) is 0 Å². The summed E-state index contributed by atoms with van der Waals surface area (Å²) in [6, 6.07) is -1.54. The van der Waals surface area contributed by atoms with E-state index in [2.05, 4.69) is 5.32 Å². The number of hydrogen-bond donors (Lipinski definition) is 3. The van der Waals surface area contributed by atoms with Gasteiger partial charge in [-0.25, -0.2) is 4.79 Å². The normalized spacial score (nSPS) is 15.2. The van der Waals surface area contributed by atoms with Crippen molar-refractivity contribution in [3.05, 3.63) is 0 Å². The lowest BCUT2D eigenvalue weighted by molar-refractivity contribution is -0.143. The highest BCUT2D eigenvalue weighted by Crippen LogP contribution is 2.01. The van der Waals surface area contributed by atoms with Gasteiger partial charge in [0.05, 0.1) is 6.04 Å². The van der Waals surface area contributed by atoms with Crippen LogP contribution in [-0.2, 0) is 9.59 Å². The van der Waals surface area contributed by atoms with E-state index in [9.17, 15) is 9.59 Å². The van der Waals surface area contributed by atoms with Crippen LogP contribution in [0.4, 0.5) is 0 Å². The van der Waals surface area contributed by atoms with E-state index in [1.54, 1.807) is 13.8 Å². The van der Waals surface area contributed by atoms with Crippen molar-refractivity contribution in [1.82, 2.24) is 5.32 Å². The zero-order valence-electron chi connectivity index (χ0n) is 8.07. The van der Waals surface area contributed by atoms with E-state index in [1.165, 1.54) is 6.92 Å². The van der Waals surface area contributed by atoms with E-state index in [4.69, 9.17) is 10.8 Å². The van der Waals surface area contributed by atoms with Crippen molar-refractivity contribution in [1.29, 1.82) is 0 Å². The van der Waals surface area contributed by atoms with E-state index in [0.717, 1.165) is 0 Å². The molecule has 0 rings (SSSR count). The highest BCUT2D eigenvalue weighted by Gasteiger charge is 2.24. The molecule has 0 aliphatic rings. The molecule has 0 saturated carbocycles. The second-order valence-corrected chi connectivity index (χ2v) is 3.36. The number of carboxylic acid groups (broad SMARTS) is 1. The van der Waals surface area contributed by atoms with Gasteiger partial charge in [0.2, 0.25) is 5.91 Å². The molecular weight excluding hydrogens is 172 g/mol. The van der Waals surface area contributed by atoms with E-state index in [1.807, 2.05) is 0 Å². The summed E-state index contributed by atoms with van der Waals surface area (Å²) in [5.41, 5.74) is 5.28. The second kappa shape index (κ2) is 4.81. The predicted molar refractivity (Wildman–Crippen MR) is 48.1 cm³/mol. The van der Waals surface area contributed by atoms with Gasteiger partial charge in [0.25, 0.3) is 0 Å². The average molecular weight is 188 g/mol. The van der Waals surface area contributed by atoms with Crippen molar-refractivity contribution in [2.75, 3.05) is 0 Å². The molecule has 0 aliphatic carbocycles. The number of nitrogens with two attached hydrogens (primary N) is 1. The largest absolute Gasteiger partial charge is 0.480 e. The summed E-state index contributed by atoms with van der Waals surface area (Å²) < 4.78 is 0. The van der Waals surface area contributed by atoms with E-state index in [0.29, 0.717) is 0 Å². The standard InChI is InChI=1S/C8H16N2O3/c1-4(2)6(8(12)13)10-7(11)5(3)9/h4-6H,9H2,1-3H3,(H,10,11)(H,12,13)/t5?,6-/m1/s1. The molecule has 0 fully saturated rings. The molecule has 0 aromatic heterocycles. The predicted octanol–water partition coefficient (Wildman–Crippen LogP) is -0.441. The van der Waals surface area contributed by atoms with Crippen LogP contribution in [0.2, 0.25) is 0 Å². The van der Waals surface area contributed by atoms with Gasteiger partial charge in [0, 0.05) is 0 Å². The third-order valence-electron chi connectivity index (χ3n) is 1.64. The van der Waals surface area contributed by atoms with Crippen molar-refractivity contribution in [2.24, 2.45) is 11.7 Å². The first kappa shape index (κ1) is 11.9. The molecule has 0 saturated heterocycles. The van der Waals surface area contributed by atoms with E-state index in [-0.39, 0.29) is 5.92 Å². The van der Waals surface area contributed by atoms with Crippen LogP contribution >= 0.6 is 0 Å². The Hall–Kier alpha value is -1.10. The first-order valence-electron chi connectivity index (χ1n) is 4.15. The number of nitrogens with one attached hydrogen (secondary N) is 1. The number of hydrogen-bond acceptors (Lipinski definition) is 3. The number of amides is 1. The molecule has 4 N–H and O–H groups in total. The smallest absolute Gasteiger partial charge is 0.326 e. The Balaban J connectivity index is 4.27. The van der Waals surface area contributed by atoms with Gasteiger partial charge >= 0.3 is 5.97 Å². The fourth-order valence-corrected chi connectivity index (χ4v) is 0.798. The van der Waals surface area contributed by atoms with Crippen LogP contribution in [-0.4, -0.2) is 29.1 Å². The zero-order valence-corrected chi connectivity index (χ0v) is 8.07. The molecule has 0 bridgehead atoms. The maximum absolute atomic E-state index is 11.1. The number of carboxylic acids is 1. The molecule has 13 heavy (non-hydrogen) atoms. The quantitative estimate of drug-likeness (QED) is 0.557. The molecule has 5 heteroatoms. The minimum absolute atomic E-state index is 0.153. The first-order valence-corrected chi connectivity index (χ1v) is 4.15. The lowest BCUT2D eigenvalue weighted by Crippen LogP contribution is -2.49. The molecule has 0 aliphatic heterocycles. The molecule has 1 amide bonds. The Morgan fingerprint density at radius 1 is 1.31 bits per heavy atom. The fourth-order valence-electron chi connectivity index (χ4n) is 0.798. The van der Waals surface area contributed by atoms with Crippen LogP contribution in [0, 0.1) is 5.92 Å². The summed E-state index contributed by atoms with van der Waals surface area (Å²) in [7, 11) is 0. The molecule has 2 atom stereocenters. The van der Waals surface area contributed by atoms with Crippen LogP contribution in [0.3, 0.4) is 0 Å². The van der Waals surface area contributed by atoms with Crippen molar-refractivity contribution in [3.63, 3.8) is 0 Å². The Morgan fingerprint density at radius 2 is 1.77 bits per heavy atom. The third-order valence-corrected chi connectivity index (χ3v) is 1.64. The summed E-state index contributed by atoms with van der Waals surface area (Å²) in [5.74, 6) is -1.63. The van der Waals surface area contributed by atoms with Crippen molar-refractivity contribution in [3.8, 4) is 0 Å². The van der Waals surface area contributed by atoms with Crippen molar-refractivity contribution < 1.29 is 14.7 Å². The molecule has 0 aromatic carbocycles. The van der Waals surface area contributed by atoms with Gasteiger partial charge in [-0.3, -0.25) is 4.79 Å². The van der Waals surface area contributed by atoms with E-state index >= 15 is 0 Å². The van der Waals surface area contributed by atoms with Gasteiger partial charge in [-0.2, -0.15) is 0 Å².